The Morgan fingerprint density at radius 3 is 2.55 bits per heavy atom. The molecule has 0 atom stereocenters. The van der Waals surface area contributed by atoms with Gasteiger partial charge in [-0.25, -0.2) is 18.7 Å². The first-order valence-corrected chi connectivity index (χ1v) is 7.35. The fourth-order valence-electron chi connectivity index (χ4n) is 2.16. The highest BCUT2D eigenvalue weighted by Crippen LogP contribution is 2.30. The van der Waals surface area contributed by atoms with E-state index in [2.05, 4.69) is 36.2 Å². The van der Waals surface area contributed by atoms with Gasteiger partial charge in [-0.05, 0) is 35.8 Å². The minimum Gasteiger partial charge on any atom is -0.333 e. The lowest BCUT2D eigenvalue weighted by Gasteiger charge is -2.13. The summed E-state index contributed by atoms with van der Waals surface area (Å²) in [7, 11) is 0. The molecule has 0 spiro atoms. The van der Waals surface area contributed by atoms with Gasteiger partial charge < -0.3 is 9.88 Å². The molecule has 114 valence electrons. The highest BCUT2D eigenvalue weighted by molar-refractivity contribution is 9.10. The van der Waals surface area contributed by atoms with E-state index in [-0.39, 0.29) is 11.7 Å². The van der Waals surface area contributed by atoms with Crippen molar-refractivity contribution >= 4 is 38.5 Å². The first-order valence-electron chi connectivity index (χ1n) is 6.56. The lowest BCUT2D eigenvalue weighted by atomic mass is 10.3. The van der Waals surface area contributed by atoms with Crippen molar-refractivity contribution < 1.29 is 8.78 Å². The van der Waals surface area contributed by atoms with Gasteiger partial charge in [0.25, 0.3) is 0 Å². The summed E-state index contributed by atoms with van der Waals surface area (Å²) in [6, 6.07) is 1.87. The van der Waals surface area contributed by atoms with Crippen LogP contribution in [-0.4, -0.2) is 19.5 Å². The number of rotatable bonds is 3. The lowest BCUT2D eigenvalue weighted by molar-refractivity contribution is 0.580. The number of anilines is 2. The van der Waals surface area contributed by atoms with Crippen molar-refractivity contribution in [1.29, 1.82) is 0 Å². The molecular formula is C14H12BrF2N5. The quantitative estimate of drug-likeness (QED) is 0.705. The molecule has 5 nitrogen and oxygen atoms in total. The van der Waals surface area contributed by atoms with Gasteiger partial charge in [-0.1, -0.05) is 0 Å². The van der Waals surface area contributed by atoms with Crippen LogP contribution in [0.2, 0.25) is 0 Å². The summed E-state index contributed by atoms with van der Waals surface area (Å²) in [5.41, 5.74) is 1.06. The molecule has 0 saturated carbocycles. The first-order chi connectivity index (χ1) is 10.5. The maximum atomic E-state index is 13.8. The number of imidazole rings is 1. The molecule has 0 aliphatic carbocycles. The second kappa shape index (κ2) is 5.60. The molecule has 3 rings (SSSR count). The van der Waals surface area contributed by atoms with Gasteiger partial charge in [-0.2, -0.15) is 0 Å². The van der Waals surface area contributed by atoms with Gasteiger partial charge in [0.05, 0.1) is 24.2 Å². The molecule has 0 saturated heterocycles. The van der Waals surface area contributed by atoms with Crippen molar-refractivity contribution in [2.24, 2.45) is 0 Å². The predicted octanol–water partition coefficient (Wildman–Crippen LogP) is 4.19. The topological polar surface area (TPSA) is 55.6 Å². The van der Waals surface area contributed by atoms with Crippen LogP contribution in [0, 0.1) is 11.6 Å². The molecule has 0 aliphatic rings. The lowest BCUT2D eigenvalue weighted by Crippen LogP contribution is -2.05. The molecule has 0 aromatic carbocycles. The van der Waals surface area contributed by atoms with Crippen molar-refractivity contribution in [2.75, 3.05) is 5.32 Å². The van der Waals surface area contributed by atoms with E-state index in [1.54, 1.807) is 12.4 Å². The van der Waals surface area contributed by atoms with Gasteiger partial charge in [0.15, 0.2) is 17.5 Å². The van der Waals surface area contributed by atoms with Crippen LogP contribution in [0.1, 0.15) is 19.9 Å². The number of nitrogens with zero attached hydrogens (tertiary/aromatic N) is 4. The molecule has 0 fully saturated rings. The molecule has 0 bridgehead atoms. The molecule has 8 heteroatoms. The summed E-state index contributed by atoms with van der Waals surface area (Å²) in [6.45, 7) is 3.97. The maximum absolute atomic E-state index is 13.8. The Labute approximate surface area is 133 Å². The fourth-order valence-corrected chi connectivity index (χ4v) is 2.55. The van der Waals surface area contributed by atoms with Gasteiger partial charge in [0, 0.05) is 6.04 Å². The molecule has 1 N–H and O–H groups in total. The van der Waals surface area contributed by atoms with Crippen LogP contribution in [0.4, 0.5) is 20.3 Å². The monoisotopic (exact) mass is 367 g/mol. The molecule has 0 radical (unpaired) electrons. The van der Waals surface area contributed by atoms with Crippen molar-refractivity contribution in [2.45, 2.75) is 19.9 Å². The van der Waals surface area contributed by atoms with E-state index in [0.717, 1.165) is 12.4 Å². The summed E-state index contributed by atoms with van der Waals surface area (Å²) in [5, 5.41) is 2.71. The van der Waals surface area contributed by atoms with Crippen molar-refractivity contribution in [1.82, 2.24) is 19.5 Å². The number of fused-ring (bicyclic) bond motifs is 1. The van der Waals surface area contributed by atoms with Crippen LogP contribution in [0.15, 0.2) is 29.4 Å². The van der Waals surface area contributed by atoms with Gasteiger partial charge in [0.1, 0.15) is 15.8 Å². The van der Waals surface area contributed by atoms with Gasteiger partial charge in [0.2, 0.25) is 0 Å². The number of hydrogen-bond donors (Lipinski definition) is 1. The number of nitrogens with one attached hydrogen (secondary N) is 1. The Bertz CT molecular complexity index is 826. The average Bonchev–Trinajstić information content (AvgIpc) is 2.86. The zero-order chi connectivity index (χ0) is 15.9. The van der Waals surface area contributed by atoms with Crippen LogP contribution in [0.3, 0.4) is 0 Å². The third kappa shape index (κ3) is 2.54. The molecule has 0 amide bonds. The molecule has 0 unspecified atom stereocenters. The average molecular weight is 368 g/mol. The smallest absolute Gasteiger partial charge is 0.167 e. The van der Waals surface area contributed by atoms with Crippen LogP contribution in [0.5, 0.6) is 0 Å². The zero-order valence-electron chi connectivity index (χ0n) is 11.8. The minimum atomic E-state index is -0.787. The molecule has 22 heavy (non-hydrogen) atoms. The number of halogens is 3. The minimum absolute atomic E-state index is 0.126. The van der Waals surface area contributed by atoms with Crippen molar-refractivity contribution in [3.63, 3.8) is 0 Å². The van der Waals surface area contributed by atoms with E-state index in [0.29, 0.717) is 21.5 Å². The van der Waals surface area contributed by atoms with Crippen LogP contribution >= 0.6 is 15.9 Å². The Morgan fingerprint density at radius 1 is 1.23 bits per heavy atom. The zero-order valence-corrected chi connectivity index (χ0v) is 13.4. The fraction of sp³-hybridized carbons (Fsp3) is 0.214. The van der Waals surface area contributed by atoms with Gasteiger partial charge in [-0.15, -0.1) is 0 Å². The van der Waals surface area contributed by atoms with Crippen LogP contribution < -0.4 is 5.32 Å². The standard InChI is InChI=1S/C14H12BrF2N5/c1-7(2)22-6-19-10-3-11(15)20-14(13(10)22)21-12-8(16)4-18-5-9(12)17/h3-7H,1-2H3,(H,18,20,21). The molecule has 3 aromatic rings. The Morgan fingerprint density at radius 2 is 1.91 bits per heavy atom. The van der Waals surface area contributed by atoms with E-state index < -0.39 is 11.6 Å². The van der Waals surface area contributed by atoms with Crippen molar-refractivity contribution in [3.05, 3.63) is 41.0 Å². The third-order valence-electron chi connectivity index (χ3n) is 3.17. The predicted molar refractivity (Wildman–Crippen MR) is 83.0 cm³/mol. The highest BCUT2D eigenvalue weighted by Gasteiger charge is 2.16. The summed E-state index contributed by atoms with van der Waals surface area (Å²) in [5.74, 6) is -1.25. The molecule has 3 heterocycles. The highest BCUT2D eigenvalue weighted by atomic mass is 79.9. The summed E-state index contributed by atoms with van der Waals surface area (Å²) in [4.78, 5) is 12.1. The molecular weight excluding hydrogens is 356 g/mol. The summed E-state index contributed by atoms with van der Waals surface area (Å²) >= 11 is 3.28. The first kappa shape index (κ1) is 14.8. The maximum Gasteiger partial charge on any atom is 0.167 e. The van der Waals surface area contributed by atoms with E-state index in [4.69, 9.17) is 0 Å². The number of aromatic nitrogens is 4. The van der Waals surface area contributed by atoms with E-state index in [9.17, 15) is 8.78 Å². The SMILES string of the molecule is CC(C)n1cnc2cc(Br)nc(Nc3c(F)cncc3F)c21. The third-order valence-corrected chi connectivity index (χ3v) is 3.58. The van der Waals surface area contributed by atoms with Gasteiger partial charge in [-0.3, -0.25) is 4.98 Å². The number of pyridine rings is 2. The summed E-state index contributed by atoms with van der Waals surface area (Å²) < 4.78 is 30.0. The van der Waals surface area contributed by atoms with E-state index in [1.165, 1.54) is 0 Å². The van der Waals surface area contributed by atoms with Crippen LogP contribution in [-0.2, 0) is 0 Å². The molecule has 0 aliphatic heterocycles. The Kier molecular flexibility index (Phi) is 3.78. The number of hydrogen-bond acceptors (Lipinski definition) is 4. The van der Waals surface area contributed by atoms with E-state index in [1.807, 2.05) is 18.4 Å². The largest absolute Gasteiger partial charge is 0.333 e. The van der Waals surface area contributed by atoms with Crippen molar-refractivity contribution in [3.8, 4) is 0 Å². The molecule has 3 aromatic heterocycles. The summed E-state index contributed by atoms with van der Waals surface area (Å²) in [6.07, 6.45) is 3.56. The second-order valence-corrected chi connectivity index (χ2v) is 5.82. The Hall–Kier alpha value is -2.09. The van der Waals surface area contributed by atoms with Gasteiger partial charge >= 0.3 is 0 Å². The van der Waals surface area contributed by atoms with Crippen LogP contribution in [0.25, 0.3) is 11.0 Å². The normalized spacial score (nSPS) is 11.4. The second-order valence-electron chi connectivity index (χ2n) is 5.01. The Balaban J connectivity index is 2.19. The van der Waals surface area contributed by atoms with E-state index >= 15 is 0 Å².